The van der Waals surface area contributed by atoms with Gasteiger partial charge in [-0.25, -0.2) is 0 Å². The summed E-state index contributed by atoms with van der Waals surface area (Å²) in [6.45, 7) is 1.60. The molecule has 1 heterocycles. The Morgan fingerprint density at radius 1 is 1.75 bits per heavy atom. The van der Waals surface area contributed by atoms with Crippen LogP contribution >= 0.6 is 11.3 Å². The first-order chi connectivity index (χ1) is 5.72. The van der Waals surface area contributed by atoms with Crippen LogP contribution in [0.25, 0.3) is 0 Å². The van der Waals surface area contributed by atoms with E-state index in [-0.39, 0.29) is 12.6 Å². The lowest BCUT2D eigenvalue weighted by Crippen LogP contribution is -1.97. The number of esters is 1. The molecule has 0 amide bonds. The quantitative estimate of drug-likeness (QED) is 0.529. The second kappa shape index (κ2) is 4.01. The lowest BCUT2D eigenvalue weighted by atomic mass is 10.3. The van der Waals surface area contributed by atoms with E-state index in [1.165, 1.54) is 18.3 Å². The molecule has 0 aliphatic carbocycles. The molecule has 0 aliphatic rings. The molecule has 0 aromatic carbocycles. The molecule has 0 atom stereocenters. The first kappa shape index (κ1) is 8.93. The first-order valence-electron chi connectivity index (χ1n) is 3.38. The zero-order valence-corrected chi connectivity index (χ0v) is 7.39. The number of rotatable bonds is 3. The van der Waals surface area contributed by atoms with Gasteiger partial charge in [0.25, 0.3) is 0 Å². The van der Waals surface area contributed by atoms with Gasteiger partial charge in [-0.1, -0.05) is 0 Å². The van der Waals surface area contributed by atoms with Crippen LogP contribution in [0.2, 0.25) is 0 Å². The number of hydrogen-bond acceptors (Lipinski definition) is 4. The van der Waals surface area contributed by atoms with Crippen molar-refractivity contribution in [3.05, 3.63) is 21.9 Å². The molecule has 0 bridgehead atoms. The number of carbonyl (C=O) groups excluding carboxylic acids is 2. The van der Waals surface area contributed by atoms with Crippen molar-refractivity contribution in [1.82, 2.24) is 0 Å². The number of aldehydes is 1. The van der Waals surface area contributed by atoms with Gasteiger partial charge in [0.1, 0.15) is 6.61 Å². The van der Waals surface area contributed by atoms with E-state index in [2.05, 4.69) is 0 Å². The van der Waals surface area contributed by atoms with Crippen LogP contribution in [0.3, 0.4) is 0 Å². The average molecular weight is 184 g/mol. The van der Waals surface area contributed by atoms with Crippen molar-refractivity contribution in [3.8, 4) is 0 Å². The molecule has 0 fully saturated rings. The fourth-order valence-corrected chi connectivity index (χ4v) is 1.42. The minimum Gasteiger partial charge on any atom is -0.461 e. The topological polar surface area (TPSA) is 43.4 Å². The van der Waals surface area contributed by atoms with E-state index < -0.39 is 0 Å². The molecular weight excluding hydrogens is 176 g/mol. The number of ether oxygens (including phenoxy) is 1. The van der Waals surface area contributed by atoms with Gasteiger partial charge in [-0.2, -0.15) is 0 Å². The summed E-state index contributed by atoms with van der Waals surface area (Å²) in [5, 5.41) is 1.80. The van der Waals surface area contributed by atoms with Crippen LogP contribution < -0.4 is 0 Å². The molecule has 0 N–H and O–H groups in total. The van der Waals surface area contributed by atoms with Gasteiger partial charge >= 0.3 is 5.97 Å². The Bertz CT molecular complexity index is 290. The predicted molar refractivity (Wildman–Crippen MR) is 45.2 cm³/mol. The Balaban J connectivity index is 2.52. The lowest BCUT2D eigenvalue weighted by molar-refractivity contribution is -0.142. The third-order valence-corrected chi connectivity index (χ3v) is 2.14. The minimum absolute atomic E-state index is 0.250. The smallest absolute Gasteiger partial charge is 0.302 e. The zero-order chi connectivity index (χ0) is 8.97. The highest BCUT2D eigenvalue weighted by atomic mass is 32.1. The standard InChI is InChI=1S/C8H8O3S/c1-6(10)11-4-7-2-8(3-9)12-5-7/h2-3,5H,4H2,1H3. The van der Waals surface area contributed by atoms with Crippen molar-refractivity contribution in [1.29, 1.82) is 0 Å². The second-order valence-electron chi connectivity index (χ2n) is 2.26. The Morgan fingerprint density at radius 2 is 2.50 bits per heavy atom. The summed E-state index contributed by atoms with van der Waals surface area (Å²) in [7, 11) is 0. The number of carbonyl (C=O) groups is 2. The molecular formula is C8H8O3S. The fraction of sp³-hybridized carbons (Fsp3) is 0.250. The van der Waals surface area contributed by atoms with Crippen LogP contribution in [0.1, 0.15) is 22.2 Å². The Morgan fingerprint density at radius 3 is 3.00 bits per heavy atom. The molecule has 3 nitrogen and oxygen atoms in total. The largest absolute Gasteiger partial charge is 0.461 e. The van der Waals surface area contributed by atoms with Crippen LogP contribution in [0.4, 0.5) is 0 Å². The molecule has 1 aromatic heterocycles. The minimum atomic E-state index is -0.311. The number of hydrogen-bond donors (Lipinski definition) is 0. The van der Waals surface area contributed by atoms with Crippen LogP contribution in [-0.4, -0.2) is 12.3 Å². The van der Waals surface area contributed by atoms with Crippen molar-refractivity contribution < 1.29 is 14.3 Å². The summed E-state index contributed by atoms with van der Waals surface area (Å²) in [6, 6.07) is 1.71. The maximum atomic E-state index is 10.4. The molecule has 1 rings (SSSR count). The van der Waals surface area contributed by atoms with Gasteiger partial charge in [-0.3, -0.25) is 9.59 Å². The van der Waals surface area contributed by atoms with E-state index in [1.54, 1.807) is 11.4 Å². The molecule has 1 aromatic rings. The molecule has 0 radical (unpaired) electrons. The summed E-state index contributed by atoms with van der Waals surface area (Å²) < 4.78 is 4.74. The third kappa shape index (κ3) is 2.47. The van der Waals surface area contributed by atoms with Crippen LogP contribution in [-0.2, 0) is 16.1 Å². The highest BCUT2D eigenvalue weighted by Gasteiger charge is 1.99. The zero-order valence-electron chi connectivity index (χ0n) is 6.57. The highest BCUT2D eigenvalue weighted by molar-refractivity contribution is 7.11. The van der Waals surface area contributed by atoms with Crippen LogP contribution in [0, 0.1) is 0 Å². The van der Waals surface area contributed by atoms with E-state index in [0.717, 1.165) is 11.8 Å². The van der Waals surface area contributed by atoms with Crippen molar-refractivity contribution in [2.75, 3.05) is 0 Å². The maximum Gasteiger partial charge on any atom is 0.302 e. The van der Waals surface area contributed by atoms with Crippen LogP contribution in [0.5, 0.6) is 0 Å². The molecule has 0 saturated heterocycles. The summed E-state index contributed by atoms with van der Waals surface area (Å²) in [6.07, 6.45) is 0.780. The first-order valence-corrected chi connectivity index (χ1v) is 4.26. The van der Waals surface area contributed by atoms with Crippen molar-refractivity contribution in [3.63, 3.8) is 0 Å². The van der Waals surface area contributed by atoms with Crippen molar-refractivity contribution >= 4 is 23.6 Å². The maximum absolute atomic E-state index is 10.4. The van der Waals surface area contributed by atoms with E-state index in [4.69, 9.17) is 4.74 Å². The van der Waals surface area contributed by atoms with Crippen molar-refractivity contribution in [2.45, 2.75) is 13.5 Å². The Hall–Kier alpha value is -1.16. The Kier molecular flexibility index (Phi) is 2.99. The SMILES string of the molecule is CC(=O)OCc1csc(C=O)c1. The molecule has 0 spiro atoms. The molecule has 12 heavy (non-hydrogen) atoms. The van der Waals surface area contributed by atoms with E-state index in [0.29, 0.717) is 4.88 Å². The van der Waals surface area contributed by atoms with E-state index >= 15 is 0 Å². The lowest BCUT2D eigenvalue weighted by Gasteiger charge is -1.96. The van der Waals surface area contributed by atoms with Crippen molar-refractivity contribution in [2.24, 2.45) is 0 Å². The molecule has 0 saturated carbocycles. The summed E-state index contributed by atoms with van der Waals surface area (Å²) in [4.78, 5) is 21.3. The van der Waals surface area contributed by atoms with E-state index in [1.807, 2.05) is 0 Å². The molecule has 4 heteroatoms. The van der Waals surface area contributed by atoms with Gasteiger partial charge in [-0.05, 0) is 11.4 Å². The summed E-state index contributed by atoms with van der Waals surface area (Å²) in [5.74, 6) is -0.311. The second-order valence-corrected chi connectivity index (χ2v) is 3.20. The molecule has 0 unspecified atom stereocenters. The average Bonchev–Trinajstić information content (AvgIpc) is 2.48. The Labute approximate surface area is 74.0 Å². The fourth-order valence-electron chi connectivity index (χ4n) is 0.717. The van der Waals surface area contributed by atoms with Gasteiger partial charge in [0.15, 0.2) is 6.29 Å². The summed E-state index contributed by atoms with van der Waals surface area (Å²) in [5.41, 5.74) is 0.859. The highest BCUT2D eigenvalue weighted by Crippen LogP contribution is 2.13. The third-order valence-electron chi connectivity index (χ3n) is 1.23. The predicted octanol–water partition coefficient (Wildman–Crippen LogP) is 1.62. The number of thiophene rings is 1. The molecule has 0 aliphatic heterocycles. The van der Waals surface area contributed by atoms with E-state index in [9.17, 15) is 9.59 Å². The van der Waals surface area contributed by atoms with Crippen LogP contribution in [0.15, 0.2) is 11.4 Å². The monoisotopic (exact) mass is 184 g/mol. The van der Waals surface area contributed by atoms with Gasteiger partial charge in [-0.15, -0.1) is 11.3 Å². The summed E-state index contributed by atoms with van der Waals surface area (Å²) >= 11 is 1.34. The van der Waals surface area contributed by atoms with Gasteiger partial charge in [0, 0.05) is 12.5 Å². The van der Waals surface area contributed by atoms with Gasteiger partial charge in [0.2, 0.25) is 0 Å². The normalized spacial score (nSPS) is 9.42. The van der Waals surface area contributed by atoms with Gasteiger partial charge in [0.05, 0.1) is 4.88 Å². The molecule has 64 valence electrons. The van der Waals surface area contributed by atoms with Gasteiger partial charge < -0.3 is 4.74 Å².